The van der Waals surface area contributed by atoms with Crippen molar-refractivity contribution in [2.24, 2.45) is 0 Å². The number of ether oxygens (including phenoxy) is 1. The van der Waals surface area contributed by atoms with Crippen LogP contribution in [0.5, 0.6) is 5.88 Å². The number of fused-ring (bicyclic) bond motifs is 1. The molecule has 2 heterocycles. The van der Waals surface area contributed by atoms with E-state index in [2.05, 4.69) is 38.6 Å². The summed E-state index contributed by atoms with van der Waals surface area (Å²) in [5, 5.41) is 4.27. The van der Waals surface area contributed by atoms with E-state index in [9.17, 15) is 0 Å². The number of hydrogen-bond donors (Lipinski definition) is 1. The fraction of sp³-hybridized carbons (Fsp3) is 0.333. The number of thiol groups is 1. The predicted octanol–water partition coefficient (Wildman–Crippen LogP) is 2.19. The Bertz CT molecular complexity index is 460. The van der Waals surface area contributed by atoms with Gasteiger partial charge in [0.05, 0.1) is 12.8 Å². The van der Waals surface area contributed by atoms with Gasteiger partial charge in [-0.1, -0.05) is 0 Å². The van der Waals surface area contributed by atoms with E-state index in [1.807, 2.05) is 12.1 Å². The van der Waals surface area contributed by atoms with Gasteiger partial charge in [-0.25, -0.2) is 9.50 Å². The molecule has 6 heteroatoms. The van der Waals surface area contributed by atoms with E-state index >= 15 is 0 Å². The Balaban J connectivity index is 2.18. The Morgan fingerprint density at radius 3 is 3.13 bits per heavy atom. The molecule has 0 saturated heterocycles. The van der Waals surface area contributed by atoms with E-state index in [4.69, 9.17) is 4.74 Å². The molecule has 0 aliphatic heterocycles. The molecule has 0 aliphatic rings. The van der Waals surface area contributed by atoms with Crippen LogP contribution in [0.4, 0.5) is 0 Å². The lowest BCUT2D eigenvalue weighted by atomic mass is 10.5. The fourth-order valence-corrected chi connectivity index (χ4v) is 1.64. The molecule has 0 atom stereocenters. The van der Waals surface area contributed by atoms with Crippen LogP contribution < -0.4 is 4.74 Å². The van der Waals surface area contributed by atoms with Crippen LogP contribution in [0.3, 0.4) is 0 Å². The van der Waals surface area contributed by atoms with Crippen molar-refractivity contribution in [1.82, 2.24) is 14.6 Å². The molecule has 4 nitrogen and oxygen atoms in total. The first-order chi connectivity index (χ1) is 7.31. The van der Waals surface area contributed by atoms with Crippen molar-refractivity contribution >= 4 is 34.2 Å². The van der Waals surface area contributed by atoms with Gasteiger partial charge in [-0.3, -0.25) is 0 Å². The summed E-state index contributed by atoms with van der Waals surface area (Å²) in [6.07, 6.45) is 2.62. The van der Waals surface area contributed by atoms with E-state index < -0.39 is 0 Å². The van der Waals surface area contributed by atoms with Gasteiger partial charge in [0, 0.05) is 6.07 Å². The smallest absolute Gasteiger partial charge is 0.231 e. The Kier molecular flexibility index (Phi) is 3.48. The lowest BCUT2D eigenvalue weighted by molar-refractivity contribution is 0.301. The van der Waals surface area contributed by atoms with Gasteiger partial charge < -0.3 is 4.74 Å². The molecule has 15 heavy (non-hydrogen) atoms. The summed E-state index contributed by atoms with van der Waals surface area (Å²) in [6.45, 7) is 0.633. The highest BCUT2D eigenvalue weighted by Crippen LogP contribution is 2.14. The molecule has 80 valence electrons. The van der Waals surface area contributed by atoms with Gasteiger partial charge in [0.25, 0.3) is 0 Å². The van der Waals surface area contributed by atoms with E-state index in [1.54, 1.807) is 10.7 Å². The lowest BCUT2D eigenvalue weighted by Crippen LogP contribution is -2.02. The first-order valence-corrected chi connectivity index (χ1v) is 5.98. The molecule has 2 rings (SSSR count). The van der Waals surface area contributed by atoms with Gasteiger partial charge in [0.1, 0.15) is 4.60 Å². The Morgan fingerprint density at radius 2 is 2.33 bits per heavy atom. The Hall–Kier alpha value is -0.750. The number of halogens is 1. The summed E-state index contributed by atoms with van der Waals surface area (Å²) in [4.78, 5) is 4.14. The molecule has 0 N–H and O–H groups in total. The second-order valence-corrected chi connectivity index (χ2v) is 4.21. The zero-order valence-electron chi connectivity index (χ0n) is 7.93. The Labute approximate surface area is 101 Å². The highest BCUT2D eigenvalue weighted by atomic mass is 79.9. The maximum atomic E-state index is 5.45. The van der Waals surface area contributed by atoms with E-state index in [-0.39, 0.29) is 0 Å². The van der Waals surface area contributed by atoms with Crippen LogP contribution in [0.2, 0.25) is 0 Å². The molecule has 0 radical (unpaired) electrons. The van der Waals surface area contributed by atoms with Gasteiger partial charge in [-0.15, -0.1) is 5.10 Å². The average Bonchev–Trinajstić information content (AvgIpc) is 2.61. The van der Waals surface area contributed by atoms with Crippen molar-refractivity contribution in [3.63, 3.8) is 0 Å². The summed E-state index contributed by atoms with van der Waals surface area (Å²) in [6, 6.07) is 3.68. The van der Waals surface area contributed by atoms with Crippen LogP contribution in [-0.4, -0.2) is 27.0 Å². The first kappa shape index (κ1) is 10.8. The highest BCUT2D eigenvalue weighted by molar-refractivity contribution is 9.10. The molecular formula is C9H10BrN3OS. The quantitative estimate of drug-likeness (QED) is 0.692. The number of hydrogen-bond acceptors (Lipinski definition) is 4. The van der Waals surface area contributed by atoms with E-state index in [1.165, 1.54) is 0 Å². The maximum absolute atomic E-state index is 5.45. The molecular weight excluding hydrogens is 278 g/mol. The van der Waals surface area contributed by atoms with Crippen molar-refractivity contribution in [3.8, 4) is 5.88 Å². The van der Waals surface area contributed by atoms with Crippen molar-refractivity contribution in [2.75, 3.05) is 12.4 Å². The third-order valence-electron chi connectivity index (χ3n) is 1.85. The molecule has 0 fully saturated rings. The molecule has 2 aromatic rings. The second-order valence-electron chi connectivity index (χ2n) is 2.95. The average molecular weight is 288 g/mol. The Morgan fingerprint density at radius 1 is 1.47 bits per heavy atom. The van der Waals surface area contributed by atoms with Gasteiger partial charge >= 0.3 is 0 Å². The first-order valence-electron chi connectivity index (χ1n) is 4.55. The third-order valence-corrected chi connectivity index (χ3v) is 2.71. The normalized spacial score (nSPS) is 10.8. The SMILES string of the molecule is SCCCOc1ccc2ncc(Br)n2n1. The minimum atomic E-state index is 0.600. The summed E-state index contributed by atoms with van der Waals surface area (Å²) < 4.78 is 7.96. The van der Waals surface area contributed by atoms with Crippen LogP contribution in [0.1, 0.15) is 6.42 Å². The zero-order chi connectivity index (χ0) is 10.7. The minimum absolute atomic E-state index is 0.600. The highest BCUT2D eigenvalue weighted by Gasteiger charge is 2.03. The molecule has 2 aromatic heterocycles. The number of aromatic nitrogens is 3. The summed E-state index contributed by atoms with van der Waals surface area (Å²) in [5.74, 6) is 1.42. The largest absolute Gasteiger partial charge is 0.477 e. The predicted molar refractivity (Wildman–Crippen MR) is 64.7 cm³/mol. The van der Waals surface area contributed by atoms with E-state index in [0.717, 1.165) is 22.4 Å². The van der Waals surface area contributed by atoms with Crippen molar-refractivity contribution in [1.29, 1.82) is 0 Å². The lowest BCUT2D eigenvalue weighted by Gasteiger charge is -2.03. The zero-order valence-corrected chi connectivity index (χ0v) is 10.4. The van der Waals surface area contributed by atoms with E-state index in [0.29, 0.717) is 12.5 Å². The number of rotatable bonds is 4. The number of nitrogens with zero attached hydrogens (tertiary/aromatic N) is 3. The van der Waals surface area contributed by atoms with Gasteiger partial charge in [-0.2, -0.15) is 12.6 Å². The van der Waals surface area contributed by atoms with Crippen LogP contribution in [0, 0.1) is 0 Å². The topological polar surface area (TPSA) is 39.4 Å². The summed E-state index contributed by atoms with van der Waals surface area (Å²) in [5.41, 5.74) is 0.795. The van der Waals surface area contributed by atoms with Gasteiger partial charge in [0.2, 0.25) is 5.88 Å². The molecule has 0 spiro atoms. The van der Waals surface area contributed by atoms with Crippen molar-refractivity contribution < 1.29 is 4.74 Å². The molecule has 0 aliphatic carbocycles. The van der Waals surface area contributed by atoms with Crippen LogP contribution >= 0.6 is 28.6 Å². The number of imidazole rings is 1. The monoisotopic (exact) mass is 287 g/mol. The fourth-order valence-electron chi connectivity index (χ4n) is 1.15. The van der Waals surface area contributed by atoms with Crippen molar-refractivity contribution in [3.05, 3.63) is 22.9 Å². The standard InChI is InChI=1S/C9H10BrN3OS/c10-7-6-11-8-2-3-9(12-13(7)8)14-4-1-5-15/h2-3,6,15H,1,4-5H2. The van der Waals surface area contributed by atoms with Gasteiger partial charge in [0.15, 0.2) is 5.65 Å². The van der Waals surface area contributed by atoms with Crippen molar-refractivity contribution in [2.45, 2.75) is 6.42 Å². The van der Waals surface area contributed by atoms with Crippen LogP contribution in [0.15, 0.2) is 22.9 Å². The van der Waals surface area contributed by atoms with Crippen LogP contribution in [0.25, 0.3) is 5.65 Å². The molecule has 0 bridgehead atoms. The van der Waals surface area contributed by atoms with Gasteiger partial charge in [-0.05, 0) is 34.2 Å². The molecule has 0 amide bonds. The summed E-state index contributed by atoms with van der Waals surface area (Å²) in [7, 11) is 0. The van der Waals surface area contributed by atoms with Crippen LogP contribution in [-0.2, 0) is 0 Å². The minimum Gasteiger partial charge on any atom is -0.477 e. The molecule has 0 unspecified atom stereocenters. The molecule has 0 aromatic carbocycles. The molecule has 0 saturated carbocycles. The summed E-state index contributed by atoms with van der Waals surface area (Å²) >= 11 is 7.46. The second kappa shape index (κ2) is 4.85. The maximum Gasteiger partial charge on any atom is 0.231 e. The third kappa shape index (κ3) is 2.43.